The lowest BCUT2D eigenvalue weighted by atomic mass is 10.2. The van der Waals surface area contributed by atoms with E-state index < -0.39 is 41.9 Å². The van der Waals surface area contributed by atoms with Crippen molar-refractivity contribution in [2.24, 2.45) is 0 Å². The minimum Gasteiger partial charge on any atom is -0.453 e. The second-order valence-electron chi connectivity index (χ2n) is 6.52. The van der Waals surface area contributed by atoms with Gasteiger partial charge in [0.05, 0.1) is 29.2 Å². The predicted octanol–water partition coefficient (Wildman–Crippen LogP) is 3.19. The molecule has 2 atom stereocenters. The first-order valence-electron chi connectivity index (χ1n) is 9.24. The number of hydroxylamine groups is 1. The van der Waals surface area contributed by atoms with Crippen LogP contribution in [0.25, 0.3) is 0 Å². The van der Waals surface area contributed by atoms with E-state index in [2.05, 4.69) is 10.6 Å². The van der Waals surface area contributed by atoms with Crippen LogP contribution in [0.4, 0.5) is 17.1 Å². The number of rotatable bonds is 8. The van der Waals surface area contributed by atoms with Crippen LogP contribution in [0.2, 0.25) is 0 Å². The number of ether oxygens (including phenoxy) is 2. The minimum absolute atomic E-state index is 0.259. The van der Waals surface area contributed by atoms with Crippen molar-refractivity contribution in [3.63, 3.8) is 0 Å². The Kier molecular flexibility index (Phi) is 11.7. The third kappa shape index (κ3) is 7.88. The van der Waals surface area contributed by atoms with E-state index in [1.54, 1.807) is 0 Å². The maximum atomic E-state index is 12.6. The van der Waals surface area contributed by atoms with E-state index in [4.69, 9.17) is 14.3 Å². The Morgan fingerprint density at radius 3 is 1.39 bits per heavy atom. The molecular formula is C19H22I3N3O8. The molecule has 1 aromatic rings. The number of nitrogens with one attached hydrogen (secondary N) is 2. The molecule has 14 heteroatoms. The van der Waals surface area contributed by atoms with E-state index in [1.165, 1.54) is 41.7 Å². The van der Waals surface area contributed by atoms with E-state index in [0.29, 0.717) is 10.7 Å². The fourth-order valence-corrected chi connectivity index (χ4v) is 6.62. The van der Waals surface area contributed by atoms with Crippen LogP contribution in [0.1, 0.15) is 34.6 Å². The summed E-state index contributed by atoms with van der Waals surface area (Å²) < 4.78 is 11.1. The normalized spacial score (nSPS) is 12.3. The SMILES string of the molecule is CON(C(C)=O)c1c(I)c(NC(=O)C(C)OC(C)=O)c(I)c(NC(=O)C(C)OC(C)=O)c1I. The minimum atomic E-state index is -1.09. The molecule has 0 saturated heterocycles. The first-order chi connectivity index (χ1) is 15.2. The van der Waals surface area contributed by atoms with Crippen molar-refractivity contribution < 1.29 is 38.3 Å². The Morgan fingerprint density at radius 1 is 0.758 bits per heavy atom. The molecule has 1 aromatic carbocycles. The van der Waals surface area contributed by atoms with Crippen LogP contribution in [0, 0.1) is 10.7 Å². The van der Waals surface area contributed by atoms with E-state index in [9.17, 15) is 24.0 Å². The third-order valence-corrected chi connectivity index (χ3v) is 7.07. The molecule has 0 fully saturated rings. The van der Waals surface area contributed by atoms with Crippen molar-refractivity contribution >= 4 is 114 Å². The van der Waals surface area contributed by atoms with E-state index in [1.807, 2.05) is 67.8 Å². The van der Waals surface area contributed by atoms with Gasteiger partial charge in [0.15, 0.2) is 12.2 Å². The number of amides is 3. The van der Waals surface area contributed by atoms with Gasteiger partial charge in [-0.2, -0.15) is 5.06 Å². The largest absolute Gasteiger partial charge is 0.453 e. The highest BCUT2D eigenvalue weighted by atomic mass is 127. The predicted molar refractivity (Wildman–Crippen MR) is 144 cm³/mol. The molecule has 0 heterocycles. The Bertz CT molecular complexity index is 923. The van der Waals surface area contributed by atoms with Crippen molar-refractivity contribution in [3.05, 3.63) is 10.7 Å². The first-order valence-corrected chi connectivity index (χ1v) is 12.5. The maximum Gasteiger partial charge on any atom is 0.303 e. The lowest BCUT2D eigenvalue weighted by Crippen LogP contribution is -2.33. The van der Waals surface area contributed by atoms with Crippen molar-refractivity contribution in [3.8, 4) is 0 Å². The van der Waals surface area contributed by atoms with E-state index in [0.717, 1.165) is 5.06 Å². The maximum absolute atomic E-state index is 12.6. The number of benzene rings is 1. The van der Waals surface area contributed by atoms with Gasteiger partial charge in [-0.15, -0.1) is 0 Å². The molecule has 11 nitrogen and oxygen atoms in total. The quantitative estimate of drug-likeness (QED) is 0.232. The zero-order valence-electron chi connectivity index (χ0n) is 18.5. The molecule has 2 unspecified atom stereocenters. The summed E-state index contributed by atoms with van der Waals surface area (Å²) >= 11 is 5.80. The van der Waals surface area contributed by atoms with Crippen molar-refractivity contribution in [1.82, 2.24) is 0 Å². The number of hydrogen-bond donors (Lipinski definition) is 2. The van der Waals surface area contributed by atoms with Crippen molar-refractivity contribution in [2.45, 2.75) is 46.8 Å². The van der Waals surface area contributed by atoms with Crippen LogP contribution < -0.4 is 15.7 Å². The Balaban J connectivity index is 3.64. The fourth-order valence-electron chi connectivity index (χ4n) is 2.48. The van der Waals surface area contributed by atoms with Gasteiger partial charge >= 0.3 is 11.9 Å². The number of halogens is 3. The summed E-state index contributed by atoms with van der Waals surface area (Å²) in [4.78, 5) is 65.1. The van der Waals surface area contributed by atoms with E-state index in [-0.39, 0.29) is 17.1 Å². The first kappa shape index (κ1) is 29.8. The number of nitrogens with zero attached hydrogens (tertiary/aromatic N) is 1. The monoisotopic (exact) mass is 801 g/mol. The second-order valence-corrected chi connectivity index (χ2v) is 9.75. The van der Waals surface area contributed by atoms with Crippen LogP contribution in [-0.4, -0.2) is 49.0 Å². The Morgan fingerprint density at radius 2 is 1.12 bits per heavy atom. The fraction of sp³-hybridized carbons (Fsp3) is 0.421. The van der Waals surface area contributed by atoms with Crippen LogP contribution >= 0.6 is 67.8 Å². The molecule has 0 aliphatic heterocycles. The summed E-state index contributed by atoms with van der Waals surface area (Å²) in [5, 5.41) is 6.37. The molecule has 182 valence electrons. The number of hydrogen-bond acceptors (Lipinski definition) is 8. The van der Waals surface area contributed by atoms with Gasteiger partial charge in [0, 0.05) is 20.8 Å². The summed E-state index contributed by atoms with van der Waals surface area (Å²) in [5.74, 6) is -2.94. The summed E-state index contributed by atoms with van der Waals surface area (Å²) in [6.07, 6.45) is -2.18. The van der Waals surface area contributed by atoms with Gasteiger partial charge in [-0.3, -0.25) is 28.8 Å². The van der Waals surface area contributed by atoms with Crippen molar-refractivity contribution in [2.75, 3.05) is 22.8 Å². The van der Waals surface area contributed by atoms with Crippen LogP contribution in [0.15, 0.2) is 0 Å². The average molecular weight is 801 g/mol. The molecule has 0 spiro atoms. The van der Waals surface area contributed by atoms with Gasteiger partial charge in [-0.1, -0.05) is 0 Å². The summed E-state index contributed by atoms with van der Waals surface area (Å²) in [6.45, 7) is 6.47. The second kappa shape index (κ2) is 13.0. The van der Waals surface area contributed by atoms with Gasteiger partial charge in [-0.25, -0.2) is 0 Å². The third-order valence-electron chi connectivity index (χ3n) is 3.89. The van der Waals surface area contributed by atoms with Crippen LogP contribution in [0.3, 0.4) is 0 Å². The van der Waals surface area contributed by atoms with Crippen LogP contribution in [-0.2, 0) is 38.3 Å². The molecule has 0 bridgehead atoms. The average Bonchev–Trinajstić information content (AvgIpc) is 2.69. The Labute approximate surface area is 231 Å². The topological polar surface area (TPSA) is 140 Å². The highest BCUT2D eigenvalue weighted by molar-refractivity contribution is 14.1. The molecule has 0 radical (unpaired) electrons. The van der Waals surface area contributed by atoms with Gasteiger partial charge in [0.25, 0.3) is 11.8 Å². The van der Waals surface area contributed by atoms with Gasteiger partial charge in [-0.05, 0) is 81.6 Å². The van der Waals surface area contributed by atoms with Crippen molar-refractivity contribution in [1.29, 1.82) is 0 Å². The molecule has 0 aliphatic rings. The standard InChI is InChI=1S/C19H22I3N3O8/c1-7(32-10(4)27)18(29)23-15-12(20)16(24-19(30)8(2)33-11(5)28)14(22)17(13(15)21)25(31-6)9(3)26/h7-8H,1-6H3,(H,23,29)(H,24,30). The van der Waals surface area contributed by atoms with Gasteiger partial charge < -0.3 is 20.1 Å². The number of esters is 2. The Hall–Kier alpha value is -1.28. The molecular weight excluding hydrogens is 779 g/mol. The molecule has 3 amide bonds. The number of carbonyl (C=O) groups excluding carboxylic acids is 5. The van der Waals surface area contributed by atoms with Gasteiger partial charge in [0.2, 0.25) is 5.91 Å². The van der Waals surface area contributed by atoms with E-state index >= 15 is 0 Å². The molecule has 2 N–H and O–H groups in total. The van der Waals surface area contributed by atoms with Gasteiger partial charge in [0.1, 0.15) is 5.69 Å². The smallest absolute Gasteiger partial charge is 0.303 e. The summed E-state index contributed by atoms with van der Waals surface area (Å²) in [7, 11) is 1.30. The molecule has 0 aliphatic carbocycles. The molecule has 0 saturated carbocycles. The molecule has 0 aromatic heterocycles. The highest BCUT2D eigenvalue weighted by Gasteiger charge is 2.30. The zero-order chi connectivity index (χ0) is 25.6. The van der Waals surface area contributed by atoms with Crippen LogP contribution in [0.5, 0.6) is 0 Å². The summed E-state index contributed by atoms with van der Waals surface area (Å²) in [5.41, 5.74) is 0.793. The number of anilines is 3. The zero-order valence-corrected chi connectivity index (χ0v) is 25.0. The number of carbonyl (C=O) groups is 5. The lowest BCUT2D eigenvalue weighted by Gasteiger charge is -2.26. The molecule has 1 rings (SSSR count). The lowest BCUT2D eigenvalue weighted by molar-refractivity contribution is -0.151. The highest BCUT2D eigenvalue weighted by Crippen LogP contribution is 2.43. The molecule has 33 heavy (non-hydrogen) atoms. The summed E-state index contributed by atoms with van der Waals surface area (Å²) in [6, 6.07) is 0.